The van der Waals surface area contributed by atoms with Crippen LogP contribution in [0.3, 0.4) is 0 Å². The zero-order chi connectivity index (χ0) is 20.3. The minimum Gasteiger partial charge on any atom is -0.454 e. The van der Waals surface area contributed by atoms with E-state index in [4.69, 9.17) is 4.42 Å². The second-order valence-corrected chi connectivity index (χ2v) is 7.37. The number of carbonyl (C=O) groups is 1. The molecule has 0 saturated carbocycles. The van der Waals surface area contributed by atoms with Crippen LogP contribution in [0.25, 0.3) is 0 Å². The highest BCUT2D eigenvalue weighted by Crippen LogP contribution is 2.22. The van der Waals surface area contributed by atoms with Crippen LogP contribution in [0.2, 0.25) is 0 Å². The number of aromatic nitrogens is 2. The number of rotatable bonds is 7. The van der Waals surface area contributed by atoms with Crippen LogP contribution in [0.5, 0.6) is 0 Å². The summed E-state index contributed by atoms with van der Waals surface area (Å²) in [5.74, 6) is 0.694. The summed E-state index contributed by atoms with van der Waals surface area (Å²) in [6, 6.07) is 11.3. The number of halogens is 1. The molecular weight excluding hydrogens is 420 g/mol. The van der Waals surface area contributed by atoms with Crippen molar-refractivity contribution in [2.45, 2.75) is 34.2 Å². The summed E-state index contributed by atoms with van der Waals surface area (Å²) in [7, 11) is 0. The molecule has 28 heavy (non-hydrogen) atoms. The van der Waals surface area contributed by atoms with Gasteiger partial charge in [-0.2, -0.15) is 5.10 Å². The lowest BCUT2D eigenvalue weighted by Crippen LogP contribution is -2.21. The molecule has 0 saturated heterocycles. The fourth-order valence-electron chi connectivity index (χ4n) is 3.10. The first kappa shape index (κ1) is 20.2. The molecule has 6 nitrogen and oxygen atoms in total. The van der Waals surface area contributed by atoms with Crippen molar-refractivity contribution >= 4 is 33.2 Å². The average Bonchev–Trinajstić information content (AvgIpc) is 3.25. The fraction of sp³-hybridized carbons (Fsp3) is 0.333. The van der Waals surface area contributed by atoms with Gasteiger partial charge < -0.3 is 14.6 Å². The first-order valence-electron chi connectivity index (χ1n) is 9.37. The normalized spacial score (nSPS) is 10.9. The lowest BCUT2D eigenvalue weighted by atomic mass is 10.2. The van der Waals surface area contributed by atoms with Gasteiger partial charge in [-0.1, -0.05) is 0 Å². The number of hydrogen-bond acceptors (Lipinski definition) is 4. The van der Waals surface area contributed by atoms with Crippen LogP contribution in [0.4, 0.5) is 11.4 Å². The Balaban J connectivity index is 1.66. The number of hydrogen-bond donors (Lipinski definition) is 1. The molecule has 1 amide bonds. The second-order valence-electron chi connectivity index (χ2n) is 6.58. The van der Waals surface area contributed by atoms with Gasteiger partial charge in [0.1, 0.15) is 5.76 Å². The molecule has 0 atom stereocenters. The zero-order valence-electron chi connectivity index (χ0n) is 16.6. The molecule has 7 heteroatoms. The van der Waals surface area contributed by atoms with Gasteiger partial charge in [0.25, 0.3) is 5.91 Å². The van der Waals surface area contributed by atoms with E-state index in [1.807, 2.05) is 48.9 Å². The van der Waals surface area contributed by atoms with Gasteiger partial charge in [0.2, 0.25) is 0 Å². The smallest absolute Gasteiger partial charge is 0.291 e. The van der Waals surface area contributed by atoms with Crippen molar-refractivity contribution in [2.24, 2.45) is 0 Å². The van der Waals surface area contributed by atoms with E-state index in [2.05, 4.69) is 45.1 Å². The minimum absolute atomic E-state index is 0.267. The second kappa shape index (κ2) is 8.65. The molecule has 148 valence electrons. The first-order valence-corrected chi connectivity index (χ1v) is 10.2. The molecule has 2 aromatic heterocycles. The molecule has 1 aromatic carbocycles. The summed E-state index contributed by atoms with van der Waals surface area (Å²) in [5, 5.41) is 7.35. The Morgan fingerprint density at radius 3 is 2.39 bits per heavy atom. The van der Waals surface area contributed by atoms with Crippen molar-refractivity contribution in [3.63, 3.8) is 0 Å². The van der Waals surface area contributed by atoms with Gasteiger partial charge >= 0.3 is 0 Å². The third-order valence-corrected chi connectivity index (χ3v) is 5.89. The Morgan fingerprint density at radius 1 is 1.14 bits per heavy atom. The van der Waals surface area contributed by atoms with Crippen LogP contribution in [0.1, 0.15) is 41.6 Å². The number of carbonyl (C=O) groups excluding carboxylic acids is 1. The average molecular weight is 445 g/mol. The highest BCUT2D eigenvalue weighted by atomic mass is 79.9. The SMILES string of the molecule is CCN(CC)c1ccc(NC(=O)c2ccc(Cn3nc(C)c(Br)c3C)o2)cc1. The highest BCUT2D eigenvalue weighted by Gasteiger charge is 2.14. The van der Waals surface area contributed by atoms with Crippen LogP contribution in [-0.4, -0.2) is 28.8 Å². The molecule has 0 spiro atoms. The number of anilines is 2. The Labute approximate surface area is 173 Å². The van der Waals surface area contributed by atoms with E-state index in [0.29, 0.717) is 12.3 Å². The molecular formula is C21H25BrN4O2. The quantitative estimate of drug-likeness (QED) is 0.556. The van der Waals surface area contributed by atoms with E-state index >= 15 is 0 Å². The van der Waals surface area contributed by atoms with Crippen molar-refractivity contribution in [3.8, 4) is 0 Å². The van der Waals surface area contributed by atoms with Crippen LogP contribution >= 0.6 is 15.9 Å². The largest absolute Gasteiger partial charge is 0.454 e. The maximum Gasteiger partial charge on any atom is 0.291 e. The topological polar surface area (TPSA) is 63.3 Å². The number of furan rings is 1. The van der Waals surface area contributed by atoms with E-state index in [-0.39, 0.29) is 11.7 Å². The van der Waals surface area contributed by atoms with E-state index in [1.54, 1.807) is 6.07 Å². The maximum absolute atomic E-state index is 12.5. The molecule has 0 radical (unpaired) electrons. The molecule has 0 aliphatic carbocycles. The van der Waals surface area contributed by atoms with Crippen LogP contribution in [0, 0.1) is 13.8 Å². The van der Waals surface area contributed by atoms with Crippen molar-refractivity contribution < 1.29 is 9.21 Å². The van der Waals surface area contributed by atoms with Crippen molar-refractivity contribution in [3.05, 3.63) is 63.8 Å². The van der Waals surface area contributed by atoms with E-state index in [9.17, 15) is 4.79 Å². The summed E-state index contributed by atoms with van der Waals surface area (Å²) >= 11 is 3.52. The molecule has 0 bridgehead atoms. The maximum atomic E-state index is 12.5. The third kappa shape index (κ3) is 4.30. The van der Waals surface area contributed by atoms with Gasteiger partial charge in [0.15, 0.2) is 5.76 Å². The summed E-state index contributed by atoms with van der Waals surface area (Å²) in [6.45, 7) is 10.6. The summed E-state index contributed by atoms with van der Waals surface area (Å²) < 4.78 is 8.57. The number of nitrogens with zero attached hydrogens (tertiary/aromatic N) is 3. The minimum atomic E-state index is -0.267. The Bertz CT molecular complexity index is 955. The van der Waals surface area contributed by atoms with E-state index in [0.717, 1.165) is 40.3 Å². The number of nitrogens with one attached hydrogen (secondary N) is 1. The van der Waals surface area contributed by atoms with Crippen LogP contribution in [-0.2, 0) is 6.54 Å². The molecule has 1 N–H and O–H groups in total. The first-order chi connectivity index (χ1) is 13.4. The van der Waals surface area contributed by atoms with Gasteiger partial charge in [-0.05, 0) is 80.0 Å². The van der Waals surface area contributed by atoms with Gasteiger partial charge in [0, 0.05) is 24.5 Å². The summed E-state index contributed by atoms with van der Waals surface area (Å²) in [4.78, 5) is 14.7. The molecule has 2 heterocycles. The van der Waals surface area contributed by atoms with Gasteiger partial charge in [-0.3, -0.25) is 9.48 Å². The Morgan fingerprint density at radius 2 is 1.82 bits per heavy atom. The fourth-order valence-corrected chi connectivity index (χ4v) is 3.38. The standard InChI is InChI=1S/C21H25BrN4O2/c1-5-25(6-2)17-9-7-16(8-10-17)23-21(27)19-12-11-18(28-19)13-26-15(4)20(22)14(3)24-26/h7-12H,5-6,13H2,1-4H3,(H,23,27). The summed E-state index contributed by atoms with van der Waals surface area (Å²) in [6.07, 6.45) is 0. The third-order valence-electron chi connectivity index (χ3n) is 4.74. The number of benzene rings is 1. The number of aryl methyl sites for hydroxylation is 1. The Hall–Kier alpha value is -2.54. The Kier molecular flexibility index (Phi) is 6.24. The monoisotopic (exact) mass is 444 g/mol. The van der Waals surface area contributed by atoms with Crippen molar-refractivity contribution in [1.82, 2.24) is 9.78 Å². The molecule has 0 aliphatic rings. The molecule has 0 fully saturated rings. The summed E-state index contributed by atoms with van der Waals surface area (Å²) in [5.41, 5.74) is 3.82. The van der Waals surface area contributed by atoms with Gasteiger partial charge in [0.05, 0.1) is 22.4 Å². The molecule has 0 aliphatic heterocycles. The lowest BCUT2D eigenvalue weighted by Gasteiger charge is -2.21. The van der Waals surface area contributed by atoms with Crippen molar-refractivity contribution in [1.29, 1.82) is 0 Å². The predicted octanol–water partition coefficient (Wildman–Crippen LogP) is 5.00. The van der Waals surface area contributed by atoms with E-state index in [1.165, 1.54) is 0 Å². The highest BCUT2D eigenvalue weighted by molar-refractivity contribution is 9.10. The molecule has 0 unspecified atom stereocenters. The van der Waals surface area contributed by atoms with Crippen LogP contribution in [0.15, 0.2) is 45.3 Å². The van der Waals surface area contributed by atoms with Crippen LogP contribution < -0.4 is 10.2 Å². The zero-order valence-corrected chi connectivity index (χ0v) is 18.2. The van der Waals surface area contributed by atoms with Gasteiger partial charge in [-0.15, -0.1) is 0 Å². The predicted molar refractivity (Wildman–Crippen MR) is 115 cm³/mol. The molecule has 3 rings (SSSR count). The van der Waals surface area contributed by atoms with Crippen molar-refractivity contribution in [2.75, 3.05) is 23.3 Å². The number of amides is 1. The van der Waals surface area contributed by atoms with Gasteiger partial charge in [-0.25, -0.2) is 0 Å². The van der Waals surface area contributed by atoms with E-state index < -0.39 is 0 Å². The lowest BCUT2D eigenvalue weighted by molar-refractivity contribution is 0.0994. The molecule has 3 aromatic rings.